The molecule has 1 amide bonds. The van der Waals surface area contributed by atoms with Crippen LogP contribution in [0, 0.1) is 12.7 Å². The van der Waals surface area contributed by atoms with Crippen molar-refractivity contribution in [3.8, 4) is 11.1 Å². The Bertz CT molecular complexity index is 1070. The molecule has 1 fully saturated rings. The second kappa shape index (κ2) is 9.09. The van der Waals surface area contributed by atoms with Gasteiger partial charge < -0.3 is 9.80 Å². The number of aryl methyl sites for hydroxylation is 1. The van der Waals surface area contributed by atoms with E-state index in [4.69, 9.17) is 4.98 Å². The maximum absolute atomic E-state index is 13.5. The van der Waals surface area contributed by atoms with Gasteiger partial charge in [0.05, 0.1) is 28.9 Å². The van der Waals surface area contributed by atoms with Crippen molar-refractivity contribution in [1.82, 2.24) is 19.9 Å². The molecule has 1 aromatic carbocycles. The van der Waals surface area contributed by atoms with Gasteiger partial charge in [-0.1, -0.05) is 12.1 Å². The largest absolute Gasteiger partial charge is 0.347 e. The number of piperidine rings is 1. The predicted molar refractivity (Wildman–Crippen MR) is 121 cm³/mol. The number of benzene rings is 1. The van der Waals surface area contributed by atoms with Crippen LogP contribution in [0.3, 0.4) is 0 Å². The number of thiazole rings is 1. The second-order valence-electron chi connectivity index (χ2n) is 8.00. The van der Waals surface area contributed by atoms with Crippen molar-refractivity contribution in [2.45, 2.75) is 38.6 Å². The van der Waals surface area contributed by atoms with Crippen molar-refractivity contribution >= 4 is 23.2 Å². The standard InChI is InChI=1S/C23H26FN5OS/c1-15-26-18(14-31-15)12-21(30)29-11-5-4-6-20(29)22-19(13-25-23(27-22)28(2)3)16-7-9-17(24)10-8-16/h7-10,13-14,20H,4-6,11-12H2,1-3H3/t20-/m1/s1. The molecule has 162 valence electrons. The van der Waals surface area contributed by atoms with E-state index in [-0.39, 0.29) is 17.8 Å². The van der Waals surface area contributed by atoms with Crippen molar-refractivity contribution in [2.24, 2.45) is 0 Å². The summed E-state index contributed by atoms with van der Waals surface area (Å²) in [4.78, 5) is 30.8. The van der Waals surface area contributed by atoms with Crippen LogP contribution in [0.15, 0.2) is 35.8 Å². The van der Waals surface area contributed by atoms with Crippen LogP contribution < -0.4 is 4.90 Å². The molecule has 0 bridgehead atoms. The Balaban J connectivity index is 1.72. The van der Waals surface area contributed by atoms with E-state index in [0.717, 1.165) is 46.8 Å². The number of likely N-dealkylation sites (tertiary alicyclic amines) is 1. The first kappa shape index (κ1) is 21.4. The van der Waals surface area contributed by atoms with Gasteiger partial charge in [0, 0.05) is 37.8 Å². The lowest BCUT2D eigenvalue weighted by Gasteiger charge is -2.36. The maximum Gasteiger partial charge on any atom is 0.229 e. The molecular weight excluding hydrogens is 413 g/mol. The summed E-state index contributed by atoms with van der Waals surface area (Å²) in [7, 11) is 3.79. The Morgan fingerprint density at radius 3 is 2.68 bits per heavy atom. The number of hydrogen-bond donors (Lipinski definition) is 0. The van der Waals surface area contributed by atoms with Gasteiger partial charge in [0.2, 0.25) is 11.9 Å². The Hall–Kier alpha value is -2.87. The van der Waals surface area contributed by atoms with Crippen molar-refractivity contribution in [3.63, 3.8) is 0 Å². The number of anilines is 1. The summed E-state index contributed by atoms with van der Waals surface area (Å²) < 4.78 is 13.5. The highest BCUT2D eigenvalue weighted by Gasteiger charge is 2.32. The average molecular weight is 440 g/mol. The number of carbonyl (C=O) groups is 1. The zero-order valence-corrected chi connectivity index (χ0v) is 18.8. The lowest BCUT2D eigenvalue weighted by atomic mass is 9.93. The summed E-state index contributed by atoms with van der Waals surface area (Å²) in [6.07, 6.45) is 4.90. The zero-order valence-electron chi connectivity index (χ0n) is 18.0. The number of nitrogens with zero attached hydrogens (tertiary/aromatic N) is 5. The van der Waals surface area contributed by atoms with Gasteiger partial charge in [-0.3, -0.25) is 4.79 Å². The minimum absolute atomic E-state index is 0.0603. The fourth-order valence-corrected chi connectivity index (χ4v) is 4.58. The number of aromatic nitrogens is 3. The first-order valence-corrected chi connectivity index (χ1v) is 11.3. The molecule has 1 atom stereocenters. The van der Waals surface area contributed by atoms with E-state index < -0.39 is 0 Å². The molecule has 0 radical (unpaired) electrons. The SMILES string of the molecule is Cc1nc(CC(=O)N2CCCC[C@@H]2c2nc(N(C)C)ncc2-c2ccc(F)cc2)cs1. The van der Waals surface area contributed by atoms with Gasteiger partial charge in [0.15, 0.2) is 0 Å². The summed E-state index contributed by atoms with van der Waals surface area (Å²) >= 11 is 1.56. The van der Waals surface area contributed by atoms with Crippen LogP contribution in [0.4, 0.5) is 10.3 Å². The van der Waals surface area contributed by atoms with Crippen molar-refractivity contribution in [1.29, 1.82) is 0 Å². The quantitative estimate of drug-likeness (QED) is 0.589. The molecule has 31 heavy (non-hydrogen) atoms. The van der Waals surface area contributed by atoms with Crippen molar-refractivity contribution < 1.29 is 9.18 Å². The van der Waals surface area contributed by atoms with Gasteiger partial charge in [-0.05, 0) is 43.9 Å². The molecule has 0 aliphatic carbocycles. The van der Waals surface area contributed by atoms with Crippen molar-refractivity contribution in [3.05, 3.63) is 58.1 Å². The summed E-state index contributed by atoms with van der Waals surface area (Å²) in [5, 5.41) is 2.91. The molecular formula is C23H26FN5OS. The Kier molecular flexibility index (Phi) is 6.27. The molecule has 4 rings (SSSR count). The number of rotatable bonds is 5. The molecule has 0 spiro atoms. The highest BCUT2D eigenvalue weighted by molar-refractivity contribution is 7.09. The predicted octanol–water partition coefficient (Wildman–Crippen LogP) is 4.41. The van der Waals surface area contributed by atoms with E-state index in [1.165, 1.54) is 12.1 Å². The van der Waals surface area contributed by atoms with E-state index in [0.29, 0.717) is 18.9 Å². The van der Waals surface area contributed by atoms with Crippen LogP contribution in [-0.4, -0.2) is 46.4 Å². The van der Waals surface area contributed by atoms with Gasteiger partial charge in [-0.15, -0.1) is 11.3 Å². The first-order chi connectivity index (χ1) is 14.9. The fraction of sp³-hybridized carbons (Fsp3) is 0.391. The zero-order chi connectivity index (χ0) is 22.0. The number of carbonyl (C=O) groups excluding carboxylic acids is 1. The van der Waals surface area contributed by atoms with E-state index in [1.807, 2.05) is 36.2 Å². The van der Waals surface area contributed by atoms with E-state index in [2.05, 4.69) is 9.97 Å². The van der Waals surface area contributed by atoms with Crippen LogP contribution in [0.1, 0.15) is 41.7 Å². The topological polar surface area (TPSA) is 62.2 Å². The summed E-state index contributed by atoms with van der Waals surface area (Å²) in [6, 6.07) is 6.20. The smallest absolute Gasteiger partial charge is 0.229 e. The van der Waals surface area contributed by atoms with Crippen LogP contribution >= 0.6 is 11.3 Å². The minimum Gasteiger partial charge on any atom is -0.347 e. The van der Waals surface area contributed by atoms with Crippen LogP contribution in [-0.2, 0) is 11.2 Å². The molecule has 8 heteroatoms. The summed E-state index contributed by atoms with van der Waals surface area (Å²) in [5.74, 6) is 0.364. The Labute approximate surface area is 185 Å². The van der Waals surface area contributed by atoms with Crippen LogP contribution in [0.25, 0.3) is 11.1 Å². The Morgan fingerprint density at radius 1 is 1.23 bits per heavy atom. The maximum atomic E-state index is 13.5. The second-order valence-corrected chi connectivity index (χ2v) is 9.07. The molecule has 3 aromatic rings. The number of amides is 1. The molecule has 0 unspecified atom stereocenters. The normalized spacial score (nSPS) is 16.4. The van der Waals surface area contributed by atoms with E-state index in [9.17, 15) is 9.18 Å². The molecule has 0 N–H and O–H groups in total. The minimum atomic E-state index is -0.288. The molecule has 6 nitrogen and oxygen atoms in total. The van der Waals surface area contributed by atoms with Gasteiger partial charge in [-0.2, -0.15) is 0 Å². The molecule has 0 saturated carbocycles. The third-order valence-electron chi connectivity index (χ3n) is 5.50. The molecule has 1 saturated heterocycles. The molecule has 3 heterocycles. The fourth-order valence-electron chi connectivity index (χ4n) is 3.97. The first-order valence-electron chi connectivity index (χ1n) is 10.4. The molecule has 1 aliphatic rings. The highest BCUT2D eigenvalue weighted by Crippen LogP contribution is 2.36. The summed E-state index contributed by atoms with van der Waals surface area (Å²) in [6.45, 7) is 2.64. The van der Waals surface area contributed by atoms with Crippen molar-refractivity contribution in [2.75, 3.05) is 25.5 Å². The van der Waals surface area contributed by atoms with Gasteiger partial charge >= 0.3 is 0 Å². The number of hydrogen-bond acceptors (Lipinski definition) is 6. The third kappa shape index (κ3) is 4.74. The highest BCUT2D eigenvalue weighted by atomic mass is 32.1. The molecule has 1 aliphatic heterocycles. The third-order valence-corrected chi connectivity index (χ3v) is 6.32. The number of halogens is 1. The van der Waals surface area contributed by atoms with Gasteiger partial charge in [-0.25, -0.2) is 19.3 Å². The van der Waals surface area contributed by atoms with E-state index >= 15 is 0 Å². The van der Waals surface area contributed by atoms with Crippen LogP contribution in [0.2, 0.25) is 0 Å². The van der Waals surface area contributed by atoms with E-state index in [1.54, 1.807) is 29.7 Å². The average Bonchev–Trinajstić information content (AvgIpc) is 3.18. The monoisotopic (exact) mass is 439 g/mol. The summed E-state index contributed by atoms with van der Waals surface area (Å²) in [5.41, 5.74) is 3.30. The van der Waals surface area contributed by atoms with Crippen LogP contribution in [0.5, 0.6) is 0 Å². The van der Waals surface area contributed by atoms with Gasteiger partial charge in [0.1, 0.15) is 5.82 Å². The Morgan fingerprint density at radius 2 is 2.00 bits per heavy atom. The lowest BCUT2D eigenvalue weighted by molar-refractivity contribution is -0.134. The van der Waals surface area contributed by atoms with Gasteiger partial charge in [0.25, 0.3) is 0 Å². The lowest BCUT2D eigenvalue weighted by Crippen LogP contribution is -2.40. The molecule has 2 aromatic heterocycles.